The van der Waals surface area contributed by atoms with Gasteiger partial charge in [-0.25, -0.2) is 0 Å². The number of aryl methyl sites for hydroxylation is 2. The molecule has 1 aromatic carbocycles. The summed E-state index contributed by atoms with van der Waals surface area (Å²) in [6.45, 7) is 2.69. The maximum absolute atomic E-state index is 12.0. The third-order valence-electron chi connectivity index (χ3n) is 3.75. The highest BCUT2D eigenvalue weighted by molar-refractivity contribution is 5.90. The molecule has 2 aliphatic rings. The summed E-state index contributed by atoms with van der Waals surface area (Å²) in [5, 5.41) is 6.22. The zero-order valence-electron chi connectivity index (χ0n) is 9.47. The third-order valence-corrected chi connectivity index (χ3v) is 3.75. The van der Waals surface area contributed by atoms with E-state index in [0.29, 0.717) is 6.67 Å². The minimum absolute atomic E-state index is 0.136. The second kappa shape index (κ2) is 3.32. The van der Waals surface area contributed by atoms with Crippen molar-refractivity contribution < 1.29 is 4.79 Å². The van der Waals surface area contributed by atoms with Gasteiger partial charge >= 0.3 is 0 Å². The smallest absolute Gasteiger partial charge is 0.245 e. The van der Waals surface area contributed by atoms with Gasteiger partial charge in [0.05, 0.1) is 6.67 Å². The van der Waals surface area contributed by atoms with Gasteiger partial charge in [0.2, 0.25) is 5.91 Å². The van der Waals surface area contributed by atoms with Gasteiger partial charge in [-0.1, -0.05) is 23.8 Å². The van der Waals surface area contributed by atoms with Crippen molar-refractivity contribution in [1.82, 2.24) is 10.6 Å². The number of hydrogen-bond donors (Lipinski definition) is 2. The van der Waals surface area contributed by atoms with E-state index in [1.165, 1.54) is 16.7 Å². The SMILES string of the molecule is Cc1ccc2c(c1)CCCC21NCNC1=O. The Morgan fingerprint density at radius 3 is 3.00 bits per heavy atom. The summed E-state index contributed by atoms with van der Waals surface area (Å²) < 4.78 is 0. The maximum Gasteiger partial charge on any atom is 0.245 e. The largest absolute Gasteiger partial charge is 0.342 e. The number of hydrogen-bond acceptors (Lipinski definition) is 2. The predicted octanol–water partition coefficient (Wildman–Crippen LogP) is 1.20. The Morgan fingerprint density at radius 1 is 1.38 bits per heavy atom. The zero-order chi connectivity index (χ0) is 11.2. The Hall–Kier alpha value is -1.35. The standard InChI is InChI=1S/C13H16N2O/c1-9-4-5-11-10(7-9)3-2-6-13(11)12(16)14-8-15-13/h4-5,7,15H,2-3,6,8H2,1H3,(H,14,16). The van der Waals surface area contributed by atoms with Crippen LogP contribution in [0.15, 0.2) is 18.2 Å². The fraction of sp³-hybridized carbons (Fsp3) is 0.462. The quantitative estimate of drug-likeness (QED) is 0.684. The Kier molecular flexibility index (Phi) is 2.04. The average Bonchev–Trinajstić information content (AvgIpc) is 2.61. The van der Waals surface area contributed by atoms with Gasteiger partial charge in [-0.15, -0.1) is 0 Å². The van der Waals surface area contributed by atoms with Crippen LogP contribution in [0.5, 0.6) is 0 Å². The average molecular weight is 216 g/mol. The molecule has 3 nitrogen and oxygen atoms in total. The summed E-state index contributed by atoms with van der Waals surface area (Å²) in [6.07, 6.45) is 3.08. The second-order valence-corrected chi connectivity index (χ2v) is 4.78. The lowest BCUT2D eigenvalue weighted by Gasteiger charge is -2.33. The first-order chi connectivity index (χ1) is 7.72. The lowest BCUT2D eigenvalue weighted by molar-refractivity contribution is -0.124. The van der Waals surface area contributed by atoms with Gasteiger partial charge in [0.25, 0.3) is 0 Å². The van der Waals surface area contributed by atoms with Crippen molar-refractivity contribution in [3.8, 4) is 0 Å². The first-order valence-electron chi connectivity index (χ1n) is 5.86. The van der Waals surface area contributed by atoms with E-state index in [0.717, 1.165) is 19.3 Å². The maximum atomic E-state index is 12.0. The number of amides is 1. The van der Waals surface area contributed by atoms with E-state index >= 15 is 0 Å². The molecule has 1 heterocycles. The summed E-state index contributed by atoms with van der Waals surface area (Å²) >= 11 is 0. The molecule has 16 heavy (non-hydrogen) atoms. The van der Waals surface area contributed by atoms with Crippen molar-refractivity contribution in [3.63, 3.8) is 0 Å². The van der Waals surface area contributed by atoms with Crippen LogP contribution in [0.25, 0.3) is 0 Å². The van der Waals surface area contributed by atoms with Crippen molar-refractivity contribution >= 4 is 5.91 Å². The van der Waals surface area contributed by atoms with E-state index in [2.05, 4.69) is 35.8 Å². The van der Waals surface area contributed by atoms with E-state index in [1.807, 2.05) is 0 Å². The zero-order valence-corrected chi connectivity index (χ0v) is 9.47. The molecule has 1 unspecified atom stereocenters. The molecule has 1 saturated heterocycles. The van der Waals surface area contributed by atoms with Crippen LogP contribution in [0.2, 0.25) is 0 Å². The molecule has 1 amide bonds. The molecule has 1 aliphatic heterocycles. The molecule has 1 aliphatic carbocycles. The topological polar surface area (TPSA) is 41.1 Å². The summed E-state index contributed by atoms with van der Waals surface area (Å²) in [4.78, 5) is 12.0. The summed E-state index contributed by atoms with van der Waals surface area (Å²) in [5.41, 5.74) is 3.34. The molecular formula is C13H16N2O. The molecule has 3 heteroatoms. The van der Waals surface area contributed by atoms with Crippen LogP contribution < -0.4 is 10.6 Å². The summed E-state index contributed by atoms with van der Waals surface area (Å²) in [5.74, 6) is 0.136. The molecule has 3 rings (SSSR count). The number of benzene rings is 1. The van der Waals surface area contributed by atoms with Gasteiger partial charge in [-0.2, -0.15) is 0 Å². The van der Waals surface area contributed by atoms with Crippen LogP contribution in [0.3, 0.4) is 0 Å². The Balaban J connectivity index is 2.16. The van der Waals surface area contributed by atoms with Crippen LogP contribution in [0, 0.1) is 6.92 Å². The molecule has 1 fully saturated rings. The highest BCUT2D eigenvalue weighted by atomic mass is 16.2. The highest BCUT2D eigenvalue weighted by Gasteiger charge is 2.45. The molecule has 0 saturated carbocycles. The van der Waals surface area contributed by atoms with E-state index in [9.17, 15) is 4.79 Å². The Labute approximate surface area is 95.2 Å². The lowest BCUT2D eigenvalue weighted by atomic mass is 9.76. The molecule has 84 valence electrons. The number of carbonyl (C=O) groups is 1. The van der Waals surface area contributed by atoms with Gasteiger partial charge < -0.3 is 5.32 Å². The predicted molar refractivity (Wildman–Crippen MR) is 61.9 cm³/mol. The van der Waals surface area contributed by atoms with E-state index in [1.54, 1.807) is 0 Å². The fourth-order valence-electron chi connectivity index (χ4n) is 2.95. The van der Waals surface area contributed by atoms with Gasteiger partial charge in [-0.3, -0.25) is 10.1 Å². The van der Waals surface area contributed by atoms with Crippen LogP contribution in [0.1, 0.15) is 29.5 Å². The Morgan fingerprint density at radius 2 is 2.25 bits per heavy atom. The van der Waals surface area contributed by atoms with Crippen LogP contribution in [-0.2, 0) is 16.8 Å². The highest BCUT2D eigenvalue weighted by Crippen LogP contribution is 2.37. The van der Waals surface area contributed by atoms with Crippen molar-refractivity contribution in [2.24, 2.45) is 0 Å². The molecular weight excluding hydrogens is 200 g/mol. The van der Waals surface area contributed by atoms with Crippen LogP contribution in [0.4, 0.5) is 0 Å². The number of nitrogens with one attached hydrogen (secondary N) is 2. The van der Waals surface area contributed by atoms with Crippen molar-refractivity contribution in [3.05, 3.63) is 34.9 Å². The lowest BCUT2D eigenvalue weighted by Crippen LogP contribution is -2.45. The summed E-state index contributed by atoms with van der Waals surface area (Å²) in [7, 11) is 0. The third kappa shape index (κ3) is 1.21. The van der Waals surface area contributed by atoms with E-state index in [4.69, 9.17) is 0 Å². The van der Waals surface area contributed by atoms with Crippen molar-refractivity contribution in [1.29, 1.82) is 0 Å². The number of rotatable bonds is 0. The second-order valence-electron chi connectivity index (χ2n) is 4.78. The molecule has 2 N–H and O–H groups in total. The van der Waals surface area contributed by atoms with E-state index in [-0.39, 0.29) is 5.91 Å². The van der Waals surface area contributed by atoms with Gasteiger partial charge in [0.15, 0.2) is 0 Å². The molecule has 0 bridgehead atoms. The molecule has 0 radical (unpaired) electrons. The first kappa shape index (κ1) is 9.85. The van der Waals surface area contributed by atoms with Gasteiger partial charge in [0, 0.05) is 0 Å². The van der Waals surface area contributed by atoms with Crippen LogP contribution >= 0.6 is 0 Å². The normalized spacial score (nSPS) is 27.9. The molecule has 1 aromatic rings. The van der Waals surface area contributed by atoms with Gasteiger partial charge in [0.1, 0.15) is 5.54 Å². The van der Waals surface area contributed by atoms with Crippen LogP contribution in [-0.4, -0.2) is 12.6 Å². The minimum Gasteiger partial charge on any atom is -0.342 e. The summed E-state index contributed by atoms with van der Waals surface area (Å²) in [6, 6.07) is 6.42. The minimum atomic E-state index is -0.443. The van der Waals surface area contributed by atoms with Crippen molar-refractivity contribution in [2.45, 2.75) is 31.7 Å². The Bertz CT molecular complexity index is 455. The number of fused-ring (bicyclic) bond motifs is 2. The monoisotopic (exact) mass is 216 g/mol. The van der Waals surface area contributed by atoms with Gasteiger partial charge in [-0.05, 0) is 37.3 Å². The molecule has 0 aromatic heterocycles. The van der Waals surface area contributed by atoms with E-state index < -0.39 is 5.54 Å². The molecule has 1 atom stereocenters. The van der Waals surface area contributed by atoms with Crippen molar-refractivity contribution in [2.75, 3.05) is 6.67 Å². The number of carbonyl (C=O) groups excluding carboxylic acids is 1. The fourth-order valence-corrected chi connectivity index (χ4v) is 2.95. The molecule has 1 spiro atoms. The first-order valence-corrected chi connectivity index (χ1v) is 5.86.